The smallest absolute Gasteiger partial charge is 0.336 e. The first-order chi connectivity index (χ1) is 12.4. The molecule has 1 aromatic heterocycles. The maximum atomic E-state index is 12.4. The molecule has 0 aliphatic carbocycles. The molecular weight excluding hydrogens is 338 g/mol. The second-order valence-electron chi connectivity index (χ2n) is 6.43. The average Bonchev–Trinajstić information content (AvgIpc) is 3.08. The Morgan fingerprint density at radius 2 is 2.12 bits per heavy atom. The van der Waals surface area contributed by atoms with E-state index in [0.717, 1.165) is 11.1 Å². The Morgan fingerprint density at radius 3 is 2.81 bits per heavy atom. The lowest BCUT2D eigenvalue weighted by Crippen LogP contribution is -2.48. The van der Waals surface area contributed by atoms with Crippen molar-refractivity contribution in [3.8, 4) is 5.75 Å². The summed E-state index contributed by atoms with van der Waals surface area (Å²) in [6.45, 7) is 3.84. The highest BCUT2D eigenvalue weighted by atomic mass is 16.5. The molecule has 1 aliphatic rings. The van der Waals surface area contributed by atoms with Crippen LogP contribution in [0.25, 0.3) is 11.0 Å². The largest absolute Gasteiger partial charge is 0.548 e. The van der Waals surface area contributed by atoms with Crippen LogP contribution in [0.15, 0.2) is 27.4 Å². The highest BCUT2D eigenvalue weighted by molar-refractivity contribution is 5.89. The average molecular weight is 358 g/mol. The molecule has 0 N–H and O–H groups in total. The summed E-state index contributed by atoms with van der Waals surface area (Å²) in [7, 11) is 0. The van der Waals surface area contributed by atoms with Gasteiger partial charge in [0.1, 0.15) is 11.3 Å². The first-order valence-electron chi connectivity index (χ1n) is 8.61. The third kappa shape index (κ3) is 3.42. The first-order valence-corrected chi connectivity index (χ1v) is 8.61. The van der Waals surface area contributed by atoms with Crippen molar-refractivity contribution in [1.82, 2.24) is 4.90 Å². The van der Waals surface area contributed by atoms with Crippen LogP contribution in [0, 0.1) is 6.92 Å². The van der Waals surface area contributed by atoms with E-state index in [1.165, 1.54) is 11.0 Å². The fourth-order valence-corrected chi connectivity index (χ4v) is 3.40. The quantitative estimate of drug-likeness (QED) is 0.733. The number of carbonyl (C=O) groups is 2. The SMILES string of the molecule is CCc1cc(=O)oc2cc(C)cc(OCC(=O)N3CCC[C@@H]3C(=O)[O-])c12. The van der Waals surface area contributed by atoms with Gasteiger partial charge in [-0.25, -0.2) is 4.79 Å². The molecule has 1 saturated heterocycles. The Morgan fingerprint density at radius 1 is 1.35 bits per heavy atom. The molecule has 0 radical (unpaired) electrons. The number of ether oxygens (including phenoxy) is 1. The van der Waals surface area contributed by atoms with Gasteiger partial charge in [-0.15, -0.1) is 0 Å². The number of fused-ring (bicyclic) bond motifs is 1. The fourth-order valence-electron chi connectivity index (χ4n) is 3.40. The zero-order chi connectivity index (χ0) is 18.8. The van der Waals surface area contributed by atoms with Gasteiger partial charge in [-0.05, 0) is 49.4 Å². The van der Waals surface area contributed by atoms with Gasteiger partial charge in [0, 0.05) is 12.6 Å². The highest BCUT2D eigenvalue weighted by Crippen LogP contribution is 2.30. The molecular formula is C19H20NO6-. The van der Waals surface area contributed by atoms with Crippen molar-refractivity contribution >= 4 is 22.8 Å². The molecule has 1 aliphatic heterocycles. The number of carbonyl (C=O) groups excluding carboxylic acids is 2. The monoisotopic (exact) mass is 358 g/mol. The van der Waals surface area contributed by atoms with Gasteiger partial charge in [-0.3, -0.25) is 4.79 Å². The van der Waals surface area contributed by atoms with Crippen molar-refractivity contribution in [1.29, 1.82) is 0 Å². The summed E-state index contributed by atoms with van der Waals surface area (Å²) in [6, 6.07) is 4.04. The minimum atomic E-state index is -1.24. The van der Waals surface area contributed by atoms with Crippen LogP contribution in [0.5, 0.6) is 5.75 Å². The highest BCUT2D eigenvalue weighted by Gasteiger charge is 2.29. The van der Waals surface area contributed by atoms with E-state index in [2.05, 4.69) is 0 Å². The van der Waals surface area contributed by atoms with Crippen LogP contribution in [-0.4, -0.2) is 36.0 Å². The summed E-state index contributed by atoms with van der Waals surface area (Å²) in [6.07, 6.45) is 1.63. The van der Waals surface area contributed by atoms with Gasteiger partial charge in [0.25, 0.3) is 5.91 Å². The lowest BCUT2D eigenvalue weighted by molar-refractivity contribution is -0.310. The molecule has 26 heavy (non-hydrogen) atoms. The summed E-state index contributed by atoms with van der Waals surface area (Å²) in [5, 5.41) is 11.8. The van der Waals surface area contributed by atoms with Gasteiger partial charge >= 0.3 is 5.63 Å². The first kappa shape index (κ1) is 18.0. The molecule has 2 heterocycles. The van der Waals surface area contributed by atoms with E-state index >= 15 is 0 Å². The number of carboxylic acids is 1. The number of hydrogen-bond donors (Lipinski definition) is 0. The maximum Gasteiger partial charge on any atom is 0.336 e. The van der Waals surface area contributed by atoms with Gasteiger partial charge in [-0.2, -0.15) is 0 Å². The molecule has 1 atom stereocenters. The van der Waals surface area contributed by atoms with Crippen LogP contribution in [0.3, 0.4) is 0 Å². The van der Waals surface area contributed by atoms with E-state index in [-0.39, 0.29) is 6.61 Å². The molecule has 138 valence electrons. The number of nitrogens with zero attached hydrogens (tertiary/aromatic N) is 1. The molecule has 7 nitrogen and oxygen atoms in total. The topological polar surface area (TPSA) is 99.9 Å². The van der Waals surface area contributed by atoms with Crippen molar-refractivity contribution in [2.24, 2.45) is 0 Å². The maximum absolute atomic E-state index is 12.4. The summed E-state index contributed by atoms with van der Waals surface area (Å²) in [5.74, 6) is -1.20. The number of benzene rings is 1. The summed E-state index contributed by atoms with van der Waals surface area (Å²) < 4.78 is 11.0. The van der Waals surface area contributed by atoms with Gasteiger partial charge in [0.05, 0.1) is 17.4 Å². The van der Waals surface area contributed by atoms with Crippen LogP contribution >= 0.6 is 0 Å². The Hall–Kier alpha value is -2.83. The molecule has 3 rings (SSSR count). The predicted molar refractivity (Wildman–Crippen MR) is 91.8 cm³/mol. The summed E-state index contributed by atoms with van der Waals surface area (Å²) >= 11 is 0. The van der Waals surface area contributed by atoms with E-state index in [4.69, 9.17) is 9.15 Å². The molecule has 0 bridgehead atoms. The number of likely N-dealkylation sites (tertiary alicyclic amines) is 1. The zero-order valence-corrected chi connectivity index (χ0v) is 14.7. The Kier molecular flexibility index (Phi) is 4.97. The van der Waals surface area contributed by atoms with Crippen molar-refractivity contribution in [2.45, 2.75) is 39.2 Å². The van der Waals surface area contributed by atoms with E-state index < -0.39 is 23.5 Å². The van der Waals surface area contributed by atoms with Crippen LogP contribution in [0.1, 0.15) is 30.9 Å². The standard InChI is InChI=1S/C19H21NO6/c1-3-12-9-17(22)26-15-8-11(2)7-14(18(12)15)25-10-16(21)20-6-4-5-13(20)19(23)24/h7-9,13H,3-6,10H2,1-2H3,(H,23,24)/p-1/t13-/m1/s1. The normalized spacial score (nSPS) is 16.8. The summed E-state index contributed by atoms with van der Waals surface area (Å²) in [4.78, 5) is 36.5. The minimum absolute atomic E-state index is 0.287. The van der Waals surface area contributed by atoms with E-state index in [1.54, 1.807) is 12.1 Å². The Balaban J connectivity index is 1.88. The molecule has 0 saturated carbocycles. The summed E-state index contributed by atoms with van der Waals surface area (Å²) in [5.41, 5.74) is 1.57. The van der Waals surface area contributed by atoms with Crippen LogP contribution in [0.2, 0.25) is 0 Å². The van der Waals surface area contributed by atoms with Gasteiger partial charge in [-0.1, -0.05) is 6.92 Å². The predicted octanol–water partition coefficient (Wildman–Crippen LogP) is 0.784. The molecule has 2 aromatic rings. The molecule has 1 fully saturated rings. The number of carboxylic acid groups (broad SMARTS) is 1. The van der Waals surface area contributed by atoms with Gasteiger partial charge in [0.2, 0.25) is 0 Å². The lowest BCUT2D eigenvalue weighted by Gasteiger charge is -2.25. The lowest BCUT2D eigenvalue weighted by atomic mass is 10.1. The van der Waals surface area contributed by atoms with Crippen molar-refractivity contribution in [2.75, 3.05) is 13.2 Å². The third-order valence-corrected chi connectivity index (χ3v) is 4.61. The molecule has 0 unspecified atom stereocenters. The molecule has 1 aromatic carbocycles. The molecule has 1 amide bonds. The van der Waals surface area contributed by atoms with Crippen molar-refractivity contribution in [3.05, 3.63) is 39.7 Å². The second-order valence-corrected chi connectivity index (χ2v) is 6.43. The second kappa shape index (κ2) is 7.19. The molecule has 0 spiro atoms. The molecule has 7 heteroatoms. The Labute approximate surface area is 150 Å². The van der Waals surface area contributed by atoms with Crippen molar-refractivity contribution in [3.63, 3.8) is 0 Å². The number of rotatable bonds is 5. The van der Waals surface area contributed by atoms with Crippen LogP contribution in [-0.2, 0) is 16.0 Å². The minimum Gasteiger partial charge on any atom is -0.548 e. The van der Waals surface area contributed by atoms with Gasteiger partial charge in [0.15, 0.2) is 6.61 Å². The van der Waals surface area contributed by atoms with E-state index in [9.17, 15) is 19.5 Å². The van der Waals surface area contributed by atoms with E-state index in [0.29, 0.717) is 42.5 Å². The van der Waals surface area contributed by atoms with Crippen LogP contribution in [0.4, 0.5) is 0 Å². The zero-order valence-electron chi connectivity index (χ0n) is 14.7. The van der Waals surface area contributed by atoms with Crippen molar-refractivity contribution < 1.29 is 23.8 Å². The Bertz CT molecular complexity index is 916. The van der Waals surface area contributed by atoms with Crippen LogP contribution < -0.4 is 15.5 Å². The fraction of sp³-hybridized carbons (Fsp3) is 0.421. The number of aliphatic carboxylic acids is 1. The number of aryl methyl sites for hydroxylation is 2. The van der Waals surface area contributed by atoms with E-state index in [1.807, 2.05) is 13.8 Å². The third-order valence-electron chi connectivity index (χ3n) is 4.61. The number of hydrogen-bond acceptors (Lipinski definition) is 6. The van der Waals surface area contributed by atoms with Gasteiger partial charge < -0.3 is 24.0 Å². The number of amides is 1.